The largest absolute Gasteiger partial charge is 0.489 e. The number of ether oxygens (including phenoxy) is 2. The summed E-state index contributed by atoms with van der Waals surface area (Å²) in [5.74, 6) is 0.863. The minimum absolute atomic E-state index is 0.114. The smallest absolute Gasteiger partial charge is 0.408 e. The number of benzene rings is 1. The molecule has 1 unspecified atom stereocenters. The number of rotatable bonds is 4. The highest BCUT2D eigenvalue weighted by molar-refractivity contribution is 5.68. The third-order valence-electron chi connectivity index (χ3n) is 3.43. The van der Waals surface area contributed by atoms with Crippen molar-refractivity contribution in [2.45, 2.75) is 51.9 Å². The number of hydrogen-bond acceptors (Lipinski definition) is 4. The van der Waals surface area contributed by atoms with Gasteiger partial charge in [-0.25, -0.2) is 4.79 Å². The van der Waals surface area contributed by atoms with Crippen molar-refractivity contribution in [2.75, 3.05) is 13.1 Å². The molecule has 1 saturated heterocycles. The molecule has 1 amide bonds. The van der Waals surface area contributed by atoms with Crippen molar-refractivity contribution in [3.8, 4) is 5.75 Å². The predicted molar refractivity (Wildman–Crippen MR) is 86.1 cm³/mol. The first-order chi connectivity index (χ1) is 10.3. The zero-order valence-corrected chi connectivity index (χ0v) is 13.8. The second kappa shape index (κ2) is 7.01. The molecule has 0 spiro atoms. The van der Waals surface area contributed by atoms with Gasteiger partial charge < -0.3 is 20.1 Å². The van der Waals surface area contributed by atoms with Crippen LogP contribution in [0.5, 0.6) is 5.75 Å². The maximum atomic E-state index is 11.8. The van der Waals surface area contributed by atoms with Crippen LogP contribution in [0.1, 0.15) is 45.7 Å². The fraction of sp³-hybridized carbons (Fsp3) is 0.588. The van der Waals surface area contributed by atoms with Crippen LogP contribution in [0.15, 0.2) is 24.3 Å². The summed E-state index contributed by atoms with van der Waals surface area (Å²) in [5, 5.41) is 6.11. The van der Waals surface area contributed by atoms with Crippen molar-refractivity contribution in [3.05, 3.63) is 29.8 Å². The summed E-state index contributed by atoms with van der Waals surface area (Å²) in [4.78, 5) is 11.8. The molecule has 0 aromatic heterocycles. The second-order valence-electron chi connectivity index (χ2n) is 6.67. The van der Waals surface area contributed by atoms with E-state index < -0.39 is 11.7 Å². The number of nitrogens with one attached hydrogen (secondary N) is 2. The van der Waals surface area contributed by atoms with Gasteiger partial charge in [-0.05, 0) is 58.4 Å². The van der Waals surface area contributed by atoms with Crippen LogP contribution in [-0.2, 0) is 4.74 Å². The topological polar surface area (TPSA) is 59.6 Å². The molecule has 22 heavy (non-hydrogen) atoms. The molecule has 5 heteroatoms. The predicted octanol–water partition coefficient (Wildman–Crippen LogP) is 3.01. The van der Waals surface area contributed by atoms with Gasteiger partial charge in [0, 0.05) is 6.54 Å². The first-order valence-electron chi connectivity index (χ1n) is 7.80. The Kier molecular flexibility index (Phi) is 5.29. The van der Waals surface area contributed by atoms with E-state index in [0.29, 0.717) is 0 Å². The van der Waals surface area contributed by atoms with Crippen molar-refractivity contribution in [1.29, 1.82) is 0 Å². The molecule has 1 aliphatic rings. The van der Waals surface area contributed by atoms with Crippen molar-refractivity contribution in [3.63, 3.8) is 0 Å². The first kappa shape index (κ1) is 16.6. The van der Waals surface area contributed by atoms with Gasteiger partial charge in [-0.15, -0.1) is 0 Å². The minimum Gasteiger partial charge on any atom is -0.489 e. The second-order valence-corrected chi connectivity index (χ2v) is 6.67. The highest BCUT2D eigenvalue weighted by Crippen LogP contribution is 2.20. The van der Waals surface area contributed by atoms with E-state index in [9.17, 15) is 4.79 Å². The Hall–Kier alpha value is -1.75. The van der Waals surface area contributed by atoms with Gasteiger partial charge in [0.05, 0.1) is 6.04 Å². The molecule has 2 atom stereocenters. The highest BCUT2D eigenvalue weighted by Gasteiger charge is 2.19. The Balaban J connectivity index is 1.87. The Morgan fingerprint density at radius 1 is 1.32 bits per heavy atom. The number of hydrogen-bond donors (Lipinski definition) is 2. The van der Waals surface area contributed by atoms with Gasteiger partial charge in [-0.2, -0.15) is 0 Å². The van der Waals surface area contributed by atoms with Gasteiger partial charge in [0.15, 0.2) is 0 Å². The third-order valence-corrected chi connectivity index (χ3v) is 3.43. The summed E-state index contributed by atoms with van der Waals surface area (Å²) < 4.78 is 11.1. The van der Waals surface area contributed by atoms with Gasteiger partial charge in [0.1, 0.15) is 17.5 Å². The molecular weight excluding hydrogens is 280 g/mol. The Labute approximate surface area is 132 Å². The third kappa shape index (κ3) is 5.22. The molecule has 5 nitrogen and oxygen atoms in total. The maximum absolute atomic E-state index is 11.8. The fourth-order valence-corrected chi connectivity index (χ4v) is 2.32. The van der Waals surface area contributed by atoms with Crippen LogP contribution in [-0.4, -0.2) is 30.9 Å². The standard InChI is InChI=1S/C17H26N2O3/c1-12(19-16(20)22-17(2,3)4)13-5-7-14(8-6-13)21-15-9-10-18-11-15/h5-8,12,15,18H,9-11H2,1-4H3,(H,19,20)/t12-,15?/m0/s1. The molecular formula is C17H26N2O3. The van der Waals surface area contributed by atoms with E-state index in [0.717, 1.165) is 30.8 Å². The minimum atomic E-state index is -0.489. The fourth-order valence-electron chi connectivity index (χ4n) is 2.32. The molecule has 0 bridgehead atoms. The molecule has 1 fully saturated rings. The molecule has 1 aromatic carbocycles. The van der Waals surface area contributed by atoms with E-state index in [1.807, 2.05) is 52.0 Å². The summed E-state index contributed by atoms with van der Waals surface area (Å²) in [6.45, 7) is 9.39. The molecule has 2 rings (SSSR count). The lowest BCUT2D eigenvalue weighted by Gasteiger charge is -2.22. The average Bonchev–Trinajstić information content (AvgIpc) is 2.90. The van der Waals surface area contributed by atoms with E-state index in [1.54, 1.807) is 0 Å². The van der Waals surface area contributed by atoms with Crippen molar-refractivity contribution in [1.82, 2.24) is 10.6 Å². The van der Waals surface area contributed by atoms with E-state index in [-0.39, 0.29) is 12.1 Å². The quantitative estimate of drug-likeness (QED) is 0.898. The normalized spacial score (nSPS) is 19.5. The molecule has 0 radical (unpaired) electrons. The van der Waals surface area contributed by atoms with E-state index in [4.69, 9.17) is 9.47 Å². The van der Waals surface area contributed by atoms with E-state index in [2.05, 4.69) is 10.6 Å². The first-order valence-corrected chi connectivity index (χ1v) is 7.80. The summed E-state index contributed by atoms with van der Waals surface area (Å²) >= 11 is 0. The number of alkyl carbamates (subject to hydrolysis) is 1. The van der Waals surface area contributed by atoms with Gasteiger partial charge >= 0.3 is 6.09 Å². The van der Waals surface area contributed by atoms with Crippen LogP contribution in [0.2, 0.25) is 0 Å². The SMILES string of the molecule is C[C@H](NC(=O)OC(C)(C)C)c1ccc(OC2CCNC2)cc1. The Morgan fingerprint density at radius 3 is 2.55 bits per heavy atom. The van der Waals surface area contributed by atoms with Crippen molar-refractivity contribution in [2.24, 2.45) is 0 Å². The number of amides is 1. The monoisotopic (exact) mass is 306 g/mol. The van der Waals surface area contributed by atoms with Gasteiger partial charge in [-0.3, -0.25) is 0 Å². The van der Waals surface area contributed by atoms with Crippen LogP contribution in [0.3, 0.4) is 0 Å². The average molecular weight is 306 g/mol. The Morgan fingerprint density at radius 2 is 2.00 bits per heavy atom. The van der Waals surface area contributed by atoms with Crippen LogP contribution >= 0.6 is 0 Å². The lowest BCUT2D eigenvalue weighted by molar-refractivity contribution is 0.0508. The lowest BCUT2D eigenvalue weighted by Crippen LogP contribution is -2.34. The summed E-state index contributed by atoms with van der Waals surface area (Å²) in [7, 11) is 0. The Bertz CT molecular complexity index is 488. The summed E-state index contributed by atoms with van der Waals surface area (Å²) in [6.07, 6.45) is 0.888. The van der Waals surface area contributed by atoms with Gasteiger partial charge in [0.25, 0.3) is 0 Å². The van der Waals surface area contributed by atoms with Crippen molar-refractivity contribution >= 4 is 6.09 Å². The van der Waals surface area contributed by atoms with Crippen molar-refractivity contribution < 1.29 is 14.3 Å². The maximum Gasteiger partial charge on any atom is 0.408 e. The number of carbonyl (C=O) groups is 1. The molecule has 1 aliphatic heterocycles. The van der Waals surface area contributed by atoms with Crippen LogP contribution in [0, 0.1) is 0 Å². The van der Waals surface area contributed by atoms with Crippen LogP contribution in [0.4, 0.5) is 4.79 Å². The van der Waals surface area contributed by atoms with E-state index in [1.165, 1.54) is 0 Å². The molecule has 2 N–H and O–H groups in total. The molecule has 0 aliphatic carbocycles. The summed E-state index contributed by atoms with van der Waals surface area (Å²) in [5.41, 5.74) is 0.527. The van der Waals surface area contributed by atoms with Crippen LogP contribution < -0.4 is 15.4 Å². The highest BCUT2D eigenvalue weighted by atomic mass is 16.6. The van der Waals surface area contributed by atoms with E-state index >= 15 is 0 Å². The zero-order chi connectivity index (χ0) is 16.2. The molecule has 1 heterocycles. The zero-order valence-electron chi connectivity index (χ0n) is 13.8. The van der Waals surface area contributed by atoms with Gasteiger partial charge in [0.2, 0.25) is 0 Å². The molecule has 122 valence electrons. The lowest BCUT2D eigenvalue weighted by atomic mass is 10.1. The summed E-state index contributed by atoms with van der Waals surface area (Å²) in [6, 6.07) is 7.72. The molecule has 1 aromatic rings. The van der Waals surface area contributed by atoms with Gasteiger partial charge in [-0.1, -0.05) is 12.1 Å². The molecule has 0 saturated carbocycles. The van der Waals surface area contributed by atoms with Crippen LogP contribution in [0.25, 0.3) is 0 Å². The number of carbonyl (C=O) groups excluding carboxylic acids is 1.